The first kappa shape index (κ1) is 27.5. The summed E-state index contributed by atoms with van der Waals surface area (Å²) in [5, 5.41) is 1.77. The second-order valence-corrected chi connectivity index (χ2v) is 10.2. The van der Waals surface area contributed by atoms with Crippen LogP contribution >= 0.6 is 11.6 Å². The fourth-order valence-corrected chi connectivity index (χ4v) is 5.25. The zero-order chi connectivity index (χ0) is 27.4. The van der Waals surface area contributed by atoms with Crippen molar-refractivity contribution in [1.29, 1.82) is 0 Å². The minimum absolute atomic E-state index is 0.233. The molecule has 206 valence electrons. The number of pyridine rings is 1. The van der Waals surface area contributed by atoms with Crippen molar-refractivity contribution >= 4 is 22.5 Å². The number of piperazine rings is 1. The van der Waals surface area contributed by atoms with Gasteiger partial charge < -0.3 is 15.0 Å². The van der Waals surface area contributed by atoms with Gasteiger partial charge in [0.15, 0.2) is 0 Å². The molecule has 6 nitrogen and oxygen atoms in total. The Morgan fingerprint density at radius 3 is 2.33 bits per heavy atom. The minimum Gasteiger partial charge on any atom is -0.406 e. The molecule has 0 bridgehead atoms. The molecule has 0 radical (unpaired) electrons. The number of fused-ring (bicyclic) bond motifs is 1. The zero-order valence-electron chi connectivity index (χ0n) is 21.5. The molecule has 1 fully saturated rings. The van der Waals surface area contributed by atoms with Gasteiger partial charge in [-0.25, -0.2) is 0 Å². The van der Waals surface area contributed by atoms with E-state index in [0.29, 0.717) is 11.6 Å². The summed E-state index contributed by atoms with van der Waals surface area (Å²) in [6, 6.07) is 16.3. The Balaban J connectivity index is 1.32. The topological polar surface area (TPSA) is 59.6 Å². The molecule has 39 heavy (non-hydrogen) atoms. The Hall–Kier alpha value is -3.11. The summed E-state index contributed by atoms with van der Waals surface area (Å²) < 4.78 is 44.1. The number of alkyl halides is 3. The normalized spacial score (nSPS) is 15.2. The van der Waals surface area contributed by atoms with Crippen LogP contribution in [0.2, 0.25) is 5.02 Å². The van der Waals surface area contributed by atoms with Crippen LogP contribution in [0.4, 0.5) is 13.2 Å². The third-order valence-electron chi connectivity index (χ3n) is 7.03. The lowest BCUT2D eigenvalue weighted by Gasteiger charge is -2.34. The maximum atomic E-state index is 12.6. The van der Waals surface area contributed by atoms with E-state index in [-0.39, 0.29) is 5.75 Å². The Bertz CT molecular complexity index is 1400. The van der Waals surface area contributed by atoms with Crippen LogP contribution in [-0.4, -0.2) is 58.4 Å². The van der Waals surface area contributed by atoms with E-state index in [1.54, 1.807) is 18.3 Å². The first-order valence-corrected chi connectivity index (χ1v) is 13.4. The van der Waals surface area contributed by atoms with E-state index in [2.05, 4.69) is 48.5 Å². The van der Waals surface area contributed by atoms with Crippen LogP contribution in [0.25, 0.3) is 22.0 Å². The van der Waals surface area contributed by atoms with Gasteiger partial charge in [-0.2, -0.15) is 0 Å². The number of nitrogens with zero attached hydrogens (tertiary/aromatic N) is 4. The first-order chi connectivity index (χ1) is 18.8. The molecule has 2 N–H and O–H groups in total. The lowest BCUT2D eigenvalue weighted by Crippen LogP contribution is -2.45. The molecule has 3 heterocycles. The number of rotatable bonds is 9. The van der Waals surface area contributed by atoms with E-state index in [1.165, 1.54) is 17.7 Å². The van der Waals surface area contributed by atoms with E-state index in [1.807, 2.05) is 12.1 Å². The van der Waals surface area contributed by atoms with Gasteiger partial charge >= 0.3 is 6.36 Å². The zero-order valence-corrected chi connectivity index (χ0v) is 22.3. The van der Waals surface area contributed by atoms with Crippen molar-refractivity contribution in [2.24, 2.45) is 5.73 Å². The van der Waals surface area contributed by atoms with E-state index in [9.17, 15) is 13.2 Å². The lowest BCUT2D eigenvalue weighted by atomic mass is 10.0. The monoisotopic (exact) mass is 557 g/mol. The molecule has 1 saturated heterocycles. The highest BCUT2D eigenvalue weighted by Crippen LogP contribution is 2.34. The highest BCUT2D eigenvalue weighted by Gasteiger charge is 2.31. The van der Waals surface area contributed by atoms with Crippen LogP contribution in [0.5, 0.6) is 5.75 Å². The quantitative estimate of drug-likeness (QED) is 0.277. The predicted octanol–water partition coefficient (Wildman–Crippen LogP) is 5.92. The van der Waals surface area contributed by atoms with Crippen LogP contribution in [0.3, 0.4) is 0 Å². The van der Waals surface area contributed by atoms with Gasteiger partial charge in [0.2, 0.25) is 0 Å². The average Bonchev–Trinajstić information content (AvgIpc) is 3.27. The van der Waals surface area contributed by atoms with E-state index < -0.39 is 6.36 Å². The fraction of sp³-hybridized carbons (Fsp3) is 0.345. The van der Waals surface area contributed by atoms with Crippen molar-refractivity contribution in [3.8, 4) is 16.9 Å². The summed E-state index contributed by atoms with van der Waals surface area (Å²) in [5.41, 5.74) is 10.7. The largest absolute Gasteiger partial charge is 0.573 e. The minimum atomic E-state index is -4.72. The first-order valence-electron chi connectivity index (χ1n) is 13.0. The molecule has 0 spiro atoms. The van der Waals surface area contributed by atoms with Crippen molar-refractivity contribution in [2.75, 3.05) is 32.7 Å². The SMILES string of the molecule is NCCCn1cc(-c2ccc(OC(F)(F)F)cc2)c2cc(CN3CCN(Cc4ncccc4Cl)CC3)ccc21. The molecule has 0 amide bonds. The Morgan fingerprint density at radius 1 is 0.949 bits per heavy atom. The molecular formula is C29H31ClF3N5O. The Labute approximate surface area is 230 Å². The van der Waals surface area contributed by atoms with E-state index >= 15 is 0 Å². The van der Waals surface area contributed by atoms with Gasteiger partial charge in [-0.05, 0) is 60.5 Å². The Morgan fingerprint density at radius 2 is 1.67 bits per heavy atom. The van der Waals surface area contributed by atoms with Gasteiger partial charge in [0.05, 0.1) is 10.7 Å². The number of aryl methyl sites for hydroxylation is 1. The summed E-state index contributed by atoms with van der Waals surface area (Å²) in [6.07, 6.45) is -0.0515. The van der Waals surface area contributed by atoms with Gasteiger partial charge in [0.25, 0.3) is 0 Å². The summed E-state index contributed by atoms with van der Waals surface area (Å²) in [7, 11) is 0. The van der Waals surface area contributed by atoms with Gasteiger partial charge in [-0.1, -0.05) is 29.8 Å². The molecule has 2 aromatic carbocycles. The molecule has 0 atom stereocenters. The summed E-state index contributed by atoms with van der Waals surface area (Å²) >= 11 is 6.29. The second kappa shape index (κ2) is 12.0. The predicted molar refractivity (Wildman–Crippen MR) is 148 cm³/mol. The van der Waals surface area contributed by atoms with Crippen LogP contribution in [0.1, 0.15) is 17.7 Å². The number of benzene rings is 2. The third kappa shape index (κ3) is 6.91. The van der Waals surface area contributed by atoms with Crippen molar-refractivity contribution in [1.82, 2.24) is 19.4 Å². The number of aromatic nitrogens is 2. The molecule has 0 aliphatic carbocycles. The van der Waals surface area contributed by atoms with Crippen LogP contribution < -0.4 is 10.5 Å². The van der Waals surface area contributed by atoms with Crippen LogP contribution in [0, 0.1) is 0 Å². The molecule has 1 aliphatic rings. The van der Waals surface area contributed by atoms with E-state index in [4.69, 9.17) is 17.3 Å². The Kier molecular flexibility index (Phi) is 8.42. The maximum Gasteiger partial charge on any atom is 0.573 e. The summed E-state index contributed by atoms with van der Waals surface area (Å²) in [4.78, 5) is 9.22. The summed E-state index contributed by atoms with van der Waals surface area (Å²) in [6.45, 7) is 6.65. The number of halogens is 4. The molecule has 0 saturated carbocycles. The molecule has 4 aromatic rings. The van der Waals surface area contributed by atoms with Crippen molar-refractivity contribution in [3.63, 3.8) is 0 Å². The third-order valence-corrected chi connectivity index (χ3v) is 7.37. The highest BCUT2D eigenvalue weighted by atomic mass is 35.5. The van der Waals surface area contributed by atoms with Crippen LogP contribution in [0.15, 0.2) is 67.0 Å². The summed E-state index contributed by atoms with van der Waals surface area (Å²) in [5.74, 6) is -0.233. The van der Waals surface area contributed by atoms with Gasteiger partial charge in [0.1, 0.15) is 5.75 Å². The standard InChI is InChI=1S/C29H31ClF3N5O/c30-26-3-1-11-35-27(26)20-37-15-13-36(14-16-37)18-21-4-9-28-24(17-21)25(19-38(28)12-2-10-34)22-5-7-23(8-6-22)39-29(31,32)33/h1,3-9,11,17,19H,2,10,12-16,18,20,34H2. The second-order valence-electron chi connectivity index (χ2n) is 9.79. The number of ether oxygens (including phenoxy) is 1. The fourth-order valence-electron chi connectivity index (χ4n) is 5.07. The van der Waals surface area contributed by atoms with Crippen LogP contribution in [-0.2, 0) is 19.6 Å². The average molecular weight is 558 g/mol. The molecule has 0 unspecified atom stereocenters. The van der Waals surface area contributed by atoms with Gasteiger partial charge in [0, 0.05) is 74.7 Å². The van der Waals surface area contributed by atoms with Crippen molar-refractivity contribution in [2.45, 2.75) is 32.4 Å². The van der Waals surface area contributed by atoms with E-state index in [0.717, 1.165) is 80.0 Å². The smallest absolute Gasteiger partial charge is 0.406 e. The van der Waals surface area contributed by atoms with Crippen molar-refractivity contribution < 1.29 is 17.9 Å². The van der Waals surface area contributed by atoms with Gasteiger partial charge in [-0.3, -0.25) is 14.8 Å². The van der Waals surface area contributed by atoms with Gasteiger partial charge in [-0.15, -0.1) is 13.2 Å². The molecular weight excluding hydrogens is 527 g/mol. The van der Waals surface area contributed by atoms with Crippen molar-refractivity contribution in [3.05, 3.63) is 83.3 Å². The number of hydrogen-bond acceptors (Lipinski definition) is 5. The number of hydrogen-bond donors (Lipinski definition) is 1. The molecule has 2 aromatic heterocycles. The highest BCUT2D eigenvalue weighted by molar-refractivity contribution is 6.31. The lowest BCUT2D eigenvalue weighted by molar-refractivity contribution is -0.274. The molecule has 5 rings (SSSR count). The number of nitrogens with two attached hydrogens (primary N) is 1. The maximum absolute atomic E-state index is 12.6. The molecule has 1 aliphatic heterocycles. The molecule has 10 heteroatoms.